The first-order valence-electron chi connectivity index (χ1n) is 8.45. The van der Waals surface area contributed by atoms with Crippen molar-refractivity contribution >= 4 is 0 Å². The third-order valence-electron chi connectivity index (χ3n) is 5.58. The predicted molar refractivity (Wildman–Crippen MR) is 81.5 cm³/mol. The standard InChI is InChI=1S/C17H33NO/c1-5-16(3,4)19-15-13-14(18-6-2)17(15)11-9-7-8-10-12-17/h14-15,18H,5-13H2,1-4H3. The second-order valence-corrected chi connectivity index (χ2v) is 7.21. The van der Waals surface area contributed by atoms with E-state index in [1.807, 2.05) is 0 Å². The van der Waals surface area contributed by atoms with E-state index in [0.29, 0.717) is 17.6 Å². The van der Waals surface area contributed by atoms with Gasteiger partial charge < -0.3 is 10.1 Å². The molecule has 2 nitrogen and oxygen atoms in total. The fraction of sp³-hybridized carbons (Fsp3) is 1.00. The van der Waals surface area contributed by atoms with Crippen LogP contribution in [-0.4, -0.2) is 24.3 Å². The molecule has 112 valence electrons. The van der Waals surface area contributed by atoms with Crippen molar-refractivity contribution < 1.29 is 4.74 Å². The molecule has 2 aliphatic carbocycles. The van der Waals surface area contributed by atoms with Gasteiger partial charge in [0.15, 0.2) is 0 Å². The number of hydrogen-bond donors (Lipinski definition) is 1. The summed E-state index contributed by atoms with van der Waals surface area (Å²) in [6.45, 7) is 10.1. The van der Waals surface area contributed by atoms with E-state index in [9.17, 15) is 0 Å². The molecular weight excluding hydrogens is 234 g/mol. The largest absolute Gasteiger partial charge is 0.372 e. The highest BCUT2D eigenvalue weighted by Crippen LogP contribution is 2.53. The monoisotopic (exact) mass is 267 g/mol. The van der Waals surface area contributed by atoms with Gasteiger partial charge >= 0.3 is 0 Å². The van der Waals surface area contributed by atoms with Gasteiger partial charge in [0.05, 0.1) is 11.7 Å². The molecule has 0 bridgehead atoms. The summed E-state index contributed by atoms with van der Waals surface area (Å²) in [5.41, 5.74) is 0.486. The molecular formula is C17H33NO. The fourth-order valence-corrected chi connectivity index (χ4v) is 3.97. The lowest BCUT2D eigenvalue weighted by molar-refractivity contribution is -0.197. The van der Waals surface area contributed by atoms with E-state index in [-0.39, 0.29) is 5.60 Å². The summed E-state index contributed by atoms with van der Waals surface area (Å²) in [4.78, 5) is 0. The molecule has 0 heterocycles. The summed E-state index contributed by atoms with van der Waals surface area (Å²) in [5, 5.41) is 3.72. The molecule has 2 saturated carbocycles. The molecule has 0 aromatic carbocycles. The maximum atomic E-state index is 6.51. The molecule has 2 aliphatic rings. The maximum absolute atomic E-state index is 6.51. The topological polar surface area (TPSA) is 21.3 Å². The van der Waals surface area contributed by atoms with Crippen LogP contribution in [0.2, 0.25) is 0 Å². The van der Waals surface area contributed by atoms with Crippen molar-refractivity contribution in [3.05, 3.63) is 0 Å². The van der Waals surface area contributed by atoms with Crippen LogP contribution < -0.4 is 5.32 Å². The second-order valence-electron chi connectivity index (χ2n) is 7.21. The summed E-state index contributed by atoms with van der Waals surface area (Å²) in [7, 11) is 0. The van der Waals surface area contributed by atoms with Crippen molar-refractivity contribution in [3.63, 3.8) is 0 Å². The van der Waals surface area contributed by atoms with Crippen molar-refractivity contribution in [2.24, 2.45) is 5.41 Å². The van der Waals surface area contributed by atoms with Gasteiger partial charge in [-0.05, 0) is 46.1 Å². The molecule has 2 atom stereocenters. The van der Waals surface area contributed by atoms with Gasteiger partial charge in [-0.15, -0.1) is 0 Å². The first-order chi connectivity index (χ1) is 9.04. The average molecular weight is 267 g/mol. The molecule has 2 heteroatoms. The maximum Gasteiger partial charge on any atom is 0.0668 e. The summed E-state index contributed by atoms with van der Waals surface area (Å²) in [5.74, 6) is 0. The van der Waals surface area contributed by atoms with Crippen LogP contribution in [0, 0.1) is 5.41 Å². The van der Waals surface area contributed by atoms with E-state index in [4.69, 9.17) is 4.74 Å². The van der Waals surface area contributed by atoms with Gasteiger partial charge in [0.1, 0.15) is 0 Å². The first kappa shape index (κ1) is 15.3. The van der Waals surface area contributed by atoms with Crippen LogP contribution in [0.15, 0.2) is 0 Å². The molecule has 2 fully saturated rings. The first-order valence-corrected chi connectivity index (χ1v) is 8.45. The van der Waals surface area contributed by atoms with Crippen LogP contribution in [0.25, 0.3) is 0 Å². The minimum absolute atomic E-state index is 0.0428. The van der Waals surface area contributed by atoms with Crippen LogP contribution in [-0.2, 0) is 4.74 Å². The molecule has 0 aromatic heterocycles. The minimum atomic E-state index is 0.0428. The summed E-state index contributed by atoms with van der Waals surface area (Å²) in [6, 6.07) is 0.702. The van der Waals surface area contributed by atoms with Crippen LogP contribution in [0.4, 0.5) is 0 Å². The molecule has 1 spiro atoms. The van der Waals surface area contributed by atoms with Crippen molar-refractivity contribution in [2.45, 2.75) is 96.8 Å². The molecule has 0 aromatic rings. The van der Waals surface area contributed by atoms with E-state index in [0.717, 1.165) is 13.0 Å². The highest BCUT2D eigenvalue weighted by Gasteiger charge is 2.55. The Morgan fingerprint density at radius 1 is 1.11 bits per heavy atom. The van der Waals surface area contributed by atoms with Crippen LogP contribution in [0.3, 0.4) is 0 Å². The van der Waals surface area contributed by atoms with Gasteiger partial charge in [-0.25, -0.2) is 0 Å². The zero-order valence-electron chi connectivity index (χ0n) is 13.4. The van der Waals surface area contributed by atoms with E-state index >= 15 is 0 Å². The van der Waals surface area contributed by atoms with Gasteiger partial charge in [-0.2, -0.15) is 0 Å². The van der Waals surface area contributed by atoms with Crippen LogP contribution in [0.5, 0.6) is 0 Å². The lowest BCUT2D eigenvalue weighted by atomic mass is 9.57. The van der Waals surface area contributed by atoms with Crippen LogP contribution in [0.1, 0.15) is 79.1 Å². The Labute approximate surface area is 119 Å². The Morgan fingerprint density at radius 2 is 1.74 bits per heavy atom. The number of hydrogen-bond acceptors (Lipinski definition) is 2. The van der Waals surface area contributed by atoms with Gasteiger partial charge in [0.2, 0.25) is 0 Å². The van der Waals surface area contributed by atoms with E-state index in [1.54, 1.807) is 0 Å². The normalized spacial score (nSPS) is 30.9. The smallest absolute Gasteiger partial charge is 0.0668 e. The van der Waals surface area contributed by atoms with E-state index < -0.39 is 0 Å². The zero-order valence-corrected chi connectivity index (χ0v) is 13.4. The Morgan fingerprint density at radius 3 is 2.26 bits per heavy atom. The van der Waals surface area contributed by atoms with Gasteiger partial charge in [0.25, 0.3) is 0 Å². The van der Waals surface area contributed by atoms with E-state index in [1.165, 1.54) is 44.9 Å². The minimum Gasteiger partial charge on any atom is -0.372 e. The Bertz CT molecular complexity index is 279. The predicted octanol–water partition coefficient (Wildman–Crippen LogP) is 4.28. The van der Waals surface area contributed by atoms with Crippen molar-refractivity contribution in [2.75, 3.05) is 6.54 Å². The molecule has 19 heavy (non-hydrogen) atoms. The highest BCUT2D eigenvalue weighted by molar-refractivity contribution is 5.08. The summed E-state index contributed by atoms with van der Waals surface area (Å²) >= 11 is 0. The lowest BCUT2D eigenvalue weighted by Gasteiger charge is -2.58. The van der Waals surface area contributed by atoms with Crippen LogP contribution >= 0.6 is 0 Å². The summed E-state index contributed by atoms with van der Waals surface area (Å²) < 4.78 is 6.51. The van der Waals surface area contributed by atoms with Crippen molar-refractivity contribution in [1.82, 2.24) is 5.32 Å². The van der Waals surface area contributed by atoms with Gasteiger partial charge in [-0.1, -0.05) is 39.5 Å². The summed E-state index contributed by atoms with van der Waals surface area (Å²) in [6.07, 6.45) is 11.2. The highest BCUT2D eigenvalue weighted by atomic mass is 16.5. The third-order valence-corrected chi connectivity index (χ3v) is 5.58. The van der Waals surface area contributed by atoms with E-state index in [2.05, 4.69) is 33.0 Å². The van der Waals surface area contributed by atoms with Crippen molar-refractivity contribution in [3.8, 4) is 0 Å². The Kier molecular flexibility index (Phi) is 4.94. The Hall–Kier alpha value is -0.0800. The number of nitrogens with one attached hydrogen (secondary N) is 1. The molecule has 0 amide bonds. The lowest BCUT2D eigenvalue weighted by Crippen LogP contribution is -2.65. The molecule has 0 radical (unpaired) electrons. The SMILES string of the molecule is CCNC1CC(OC(C)(C)CC)C12CCCCCC2. The van der Waals surface area contributed by atoms with Gasteiger partial charge in [-0.3, -0.25) is 0 Å². The molecule has 0 aliphatic heterocycles. The molecule has 1 N–H and O–H groups in total. The number of rotatable bonds is 5. The van der Waals surface area contributed by atoms with Crippen molar-refractivity contribution in [1.29, 1.82) is 0 Å². The third kappa shape index (κ3) is 3.16. The molecule has 0 saturated heterocycles. The average Bonchev–Trinajstić information content (AvgIpc) is 2.65. The molecule has 2 rings (SSSR count). The second kappa shape index (κ2) is 6.13. The number of ether oxygens (including phenoxy) is 1. The quantitative estimate of drug-likeness (QED) is 0.802. The Balaban J connectivity index is 2.07. The molecule has 2 unspecified atom stereocenters. The fourth-order valence-electron chi connectivity index (χ4n) is 3.97. The zero-order chi connectivity index (χ0) is 13.9. The van der Waals surface area contributed by atoms with Gasteiger partial charge in [0, 0.05) is 11.5 Å².